The number of hydrogen-bond acceptors (Lipinski definition) is 2. The molecule has 1 heterocycles. The fourth-order valence-electron chi connectivity index (χ4n) is 3.07. The second-order valence-electron chi connectivity index (χ2n) is 7.65. The summed E-state index contributed by atoms with van der Waals surface area (Å²) in [4.78, 5) is 24.9. The number of carboxylic acid groups (broad SMARTS) is 1. The normalized spacial score (nSPS) is 17.9. The van der Waals surface area contributed by atoms with Crippen molar-refractivity contribution in [3.63, 3.8) is 0 Å². The molecule has 0 aromatic heterocycles. The Kier molecular flexibility index (Phi) is 5.05. The van der Waals surface area contributed by atoms with Crippen molar-refractivity contribution in [2.75, 3.05) is 13.1 Å². The topological polar surface area (TPSA) is 69.6 Å². The summed E-state index contributed by atoms with van der Waals surface area (Å²) in [7, 11) is 0. The summed E-state index contributed by atoms with van der Waals surface area (Å²) in [5.74, 6) is -1.06. The van der Waals surface area contributed by atoms with Gasteiger partial charge in [-0.15, -0.1) is 0 Å². The fourth-order valence-corrected chi connectivity index (χ4v) is 3.07. The van der Waals surface area contributed by atoms with Crippen molar-refractivity contribution in [1.29, 1.82) is 0 Å². The molecular weight excluding hydrogens is 256 g/mol. The van der Waals surface area contributed by atoms with Gasteiger partial charge in [0, 0.05) is 18.6 Å². The standard InChI is InChI=1S/C15H28N2O3/c1-14(2,3)10-15(4,5)16-13(20)17-8-6-11(7-9-17)12(18)19/h11H,6-10H2,1-5H3,(H,16,20)(H,18,19). The van der Waals surface area contributed by atoms with Gasteiger partial charge in [0.05, 0.1) is 5.92 Å². The van der Waals surface area contributed by atoms with Crippen LogP contribution in [-0.4, -0.2) is 40.6 Å². The van der Waals surface area contributed by atoms with Gasteiger partial charge in [-0.3, -0.25) is 4.79 Å². The highest BCUT2D eigenvalue weighted by Crippen LogP contribution is 2.27. The smallest absolute Gasteiger partial charge is 0.317 e. The van der Waals surface area contributed by atoms with Crippen LogP contribution < -0.4 is 5.32 Å². The molecule has 2 N–H and O–H groups in total. The number of amides is 2. The summed E-state index contributed by atoms with van der Waals surface area (Å²) in [6.45, 7) is 11.6. The minimum absolute atomic E-state index is 0.0805. The minimum atomic E-state index is -0.752. The maximum Gasteiger partial charge on any atom is 0.317 e. The number of rotatable bonds is 3. The van der Waals surface area contributed by atoms with Crippen molar-refractivity contribution in [1.82, 2.24) is 10.2 Å². The molecule has 0 aliphatic carbocycles. The highest BCUT2D eigenvalue weighted by Gasteiger charge is 2.31. The molecular formula is C15H28N2O3. The van der Waals surface area contributed by atoms with Crippen LogP contribution in [0, 0.1) is 11.3 Å². The van der Waals surface area contributed by atoms with Gasteiger partial charge >= 0.3 is 12.0 Å². The molecule has 116 valence electrons. The largest absolute Gasteiger partial charge is 0.481 e. The summed E-state index contributed by atoms with van der Waals surface area (Å²) in [6, 6.07) is -0.0805. The lowest BCUT2D eigenvalue weighted by Crippen LogP contribution is -2.53. The van der Waals surface area contributed by atoms with Crippen LogP contribution in [0.3, 0.4) is 0 Å². The summed E-state index contributed by atoms with van der Waals surface area (Å²) in [5, 5.41) is 12.0. The number of likely N-dealkylation sites (tertiary alicyclic amines) is 1. The average Bonchev–Trinajstić information content (AvgIpc) is 2.24. The van der Waals surface area contributed by atoms with E-state index in [1.807, 2.05) is 13.8 Å². The third-order valence-corrected chi connectivity index (χ3v) is 3.55. The van der Waals surface area contributed by atoms with Gasteiger partial charge in [0.1, 0.15) is 0 Å². The molecule has 2 amide bonds. The SMILES string of the molecule is CC(C)(C)CC(C)(C)NC(=O)N1CCC(C(=O)O)CC1. The molecule has 1 aliphatic rings. The highest BCUT2D eigenvalue weighted by molar-refractivity contribution is 5.76. The van der Waals surface area contributed by atoms with E-state index in [1.54, 1.807) is 4.90 Å². The van der Waals surface area contributed by atoms with Crippen LogP contribution in [-0.2, 0) is 4.79 Å². The first kappa shape index (κ1) is 16.8. The van der Waals surface area contributed by atoms with E-state index >= 15 is 0 Å². The van der Waals surface area contributed by atoms with Crippen LogP contribution in [0.4, 0.5) is 4.79 Å². The monoisotopic (exact) mass is 284 g/mol. The Hall–Kier alpha value is -1.26. The van der Waals surface area contributed by atoms with E-state index in [4.69, 9.17) is 5.11 Å². The molecule has 0 atom stereocenters. The lowest BCUT2D eigenvalue weighted by Gasteiger charge is -2.37. The molecule has 5 heteroatoms. The Bertz CT molecular complexity index is 364. The van der Waals surface area contributed by atoms with Crippen LogP contribution in [0.2, 0.25) is 0 Å². The number of hydrogen-bond donors (Lipinski definition) is 2. The number of piperidine rings is 1. The Morgan fingerprint density at radius 3 is 2.05 bits per heavy atom. The van der Waals surface area contributed by atoms with Gasteiger partial charge in [0.15, 0.2) is 0 Å². The molecule has 1 saturated heterocycles. The van der Waals surface area contributed by atoms with Crippen molar-refractivity contribution in [3.8, 4) is 0 Å². The number of nitrogens with zero attached hydrogens (tertiary/aromatic N) is 1. The summed E-state index contributed by atoms with van der Waals surface area (Å²) in [5.41, 5.74) is -0.119. The van der Waals surface area contributed by atoms with Crippen molar-refractivity contribution in [2.24, 2.45) is 11.3 Å². The number of urea groups is 1. The zero-order chi connectivity index (χ0) is 15.6. The number of nitrogens with one attached hydrogen (secondary N) is 1. The van der Waals surface area contributed by atoms with Gasteiger partial charge in [0.25, 0.3) is 0 Å². The lowest BCUT2D eigenvalue weighted by molar-refractivity contribution is -0.143. The molecule has 0 bridgehead atoms. The first-order valence-corrected chi connectivity index (χ1v) is 7.30. The number of aliphatic carboxylic acids is 1. The second kappa shape index (κ2) is 6.02. The number of carbonyl (C=O) groups is 2. The zero-order valence-corrected chi connectivity index (χ0v) is 13.3. The van der Waals surface area contributed by atoms with Gasteiger partial charge in [0.2, 0.25) is 0 Å². The molecule has 0 unspecified atom stereocenters. The van der Waals surface area contributed by atoms with E-state index < -0.39 is 5.97 Å². The quantitative estimate of drug-likeness (QED) is 0.837. The molecule has 0 spiro atoms. The Balaban J connectivity index is 2.50. The van der Waals surface area contributed by atoms with E-state index in [0.717, 1.165) is 6.42 Å². The van der Waals surface area contributed by atoms with Crippen molar-refractivity contribution in [2.45, 2.75) is 59.4 Å². The van der Waals surface area contributed by atoms with Gasteiger partial charge in [-0.25, -0.2) is 4.79 Å². The van der Waals surface area contributed by atoms with Crippen LogP contribution in [0.1, 0.15) is 53.9 Å². The van der Waals surface area contributed by atoms with Crippen molar-refractivity contribution >= 4 is 12.0 Å². The molecule has 0 radical (unpaired) electrons. The van der Waals surface area contributed by atoms with Crippen molar-refractivity contribution < 1.29 is 14.7 Å². The summed E-state index contributed by atoms with van der Waals surface area (Å²) < 4.78 is 0. The third-order valence-electron chi connectivity index (χ3n) is 3.55. The molecule has 20 heavy (non-hydrogen) atoms. The Morgan fingerprint density at radius 2 is 1.65 bits per heavy atom. The van der Waals surface area contributed by atoms with Gasteiger partial charge < -0.3 is 15.3 Å². The fraction of sp³-hybridized carbons (Fsp3) is 0.867. The van der Waals surface area contributed by atoms with Crippen LogP contribution in [0.25, 0.3) is 0 Å². The average molecular weight is 284 g/mol. The maximum absolute atomic E-state index is 12.2. The number of carboxylic acids is 1. The number of carbonyl (C=O) groups excluding carboxylic acids is 1. The molecule has 0 aromatic carbocycles. The predicted octanol–water partition coefficient (Wildman–Crippen LogP) is 2.71. The first-order valence-electron chi connectivity index (χ1n) is 7.30. The third kappa shape index (κ3) is 5.39. The second-order valence-corrected chi connectivity index (χ2v) is 7.65. The van der Waals surface area contributed by atoms with E-state index in [2.05, 4.69) is 26.1 Å². The van der Waals surface area contributed by atoms with Crippen LogP contribution >= 0.6 is 0 Å². The summed E-state index contributed by atoms with van der Waals surface area (Å²) in [6.07, 6.45) is 1.97. The van der Waals surface area contributed by atoms with Crippen molar-refractivity contribution in [3.05, 3.63) is 0 Å². The zero-order valence-electron chi connectivity index (χ0n) is 13.3. The van der Waals surface area contributed by atoms with E-state index in [1.165, 1.54) is 0 Å². The Labute approximate surface area is 121 Å². The molecule has 5 nitrogen and oxygen atoms in total. The molecule has 1 rings (SSSR count). The van der Waals surface area contributed by atoms with E-state index in [9.17, 15) is 9.59 Å². The van der Waals surface area contributed by atoms with E-state index in [-0.39, 0.29) is 22.9 Å². The molecule has 0 saturated carbocycles. The van der Waals surface area contributed by atoms with Crippen LogP contribution in [0.15, 0.2) is 0 Å². The molecule has 1 fully saturated rings. The predicted molar refractivity (Wildman–Crippen MR) is 78.6 cm³/mol. The summed E-state index contributed by atoms with van der Waals surface area (Å²) >= 11 is 0. The van der Waals surface area contributed by atoms with E-state index in [0.29, 0.717) is 25.9 Å². The highest BCUT2D eigenvalue weighted by atomic mass is 16.4. The minimum Gasteiger partial charge on any atom is -0.481 e. The maximum atomic E-state index is 12.2. The van der Waals surface area contributed by atoms with Gasteiger partial charge in [-0.05, 0) is 38.5 Å². The van der Waals surface area contributed by atoms with Crippen LogP contribution in [0.5, 0.6) is 0 Å². The molecule has 0 aromatic rings. The van der Waals surface area contributed by atoms with Gasteiger partial charge in [-0.2, -0.15) is 0 Å². The lowest BCUT2D eigenvalue weighted by atomic mass is 9.82. The Morgan fingerprint density at radius 1 is 1.15 bits per heavy atom. The first-order chi connectivity index (χ1) is 9.00. The molecule has 1 aliphatic heterocycles. The van der Waals surface area contributed by atoms with Gasteiger partial charge in [-0.1, -0.05) is 20.8 Å².